The van der Waals surface area contributed by atoms with Gasteiger partial charge in [0.15, 0.2) is 6.61 Å². The number of imide groups is 1. The van der Waals surface area contributed by atoms with Crippen LogP contribution in [-0.4, -0.2) is 41.7 Å². The van der Waals surface area contributed by atoms with Gasteiger partial charge in [-0.15, -0.1) is 0 Å². The summed E-state index contributed by atoms with van der Waals surface area (Å²) in [7, 11) is 0. The lowest BCUT2D eigenvalue weighted by Gasteiger charge is -2.14. The third-order valence-corrected chi connectivity index (χ3v) is 4.94. The SMILES string of the molecule is O=C(COC(=O)CCN1C(=O)[C@H]2CC=CC[C@@H]2C1=O)Nc1ccc(Cl)cc1F. The molecule has 2 aliphatic rings. The number of nitrogens with zero attached hydrogens (tertiary/aromatic N) is 1. The molecule has 3 rings (SSSR count). The molecule has 7 nitrogen and oxygen atoms in total. The van der Waals surface area contributed by atoms with Crippen molar-refractivity contribution in [1.29, 1.82) is 0 Å². The van der Waals surface area contributed by atoms with Crippen LogP contribution in [0.1, 0.15) is 19.3 Å². The summed E-state index contributed by atoms with van der Waals surface area (Å²) in [4.78, 5) is 49.3. The van der Waals surface area contributed by atoms with Crippen LogP contribution in [0.4, 0.5) is 10.1 Å². The normalized spacial score (nSPS) is 20.9. The van der Waals surface area contributed by atoms with Gasteiger partial charge >= 0.3 is 5.97 Å². The molecule has 1 aromatic carbocycles. The van der Waals surface area contributed by atoms with Crippen molar-refractivity contribution >= 4 is 41.0 Å². The van der Waals surface area contributed by atoms with Gasteiger partial charge in [0.1, 0.15) is 5.82 Å². The minimum absolute atomic E-state index is 0.0864. The van der Waals surface area contributed by atoms with Gasteiger partial charge in [0.2, 0.25) is 11.8 Å². The summed E-state index contributed by atoms with van der Waals surface area (Å²) < 4.78 is 18.4. The summed E-state index contributed by atoms with van der Waals surface area (Å²) in [6, 6.07) is 3.74. The number of carbonyl (C=O) groups is 4. The summed E-state index contributed by atoms with van der Waals surface area (Å²) >= 11 is 5.63. The molecule has 148 valence electrons. The van der Waals surface area contributed by atoms with Crippen molar-refractivity contribution in [3.05, 3.63) is 41.2 Å². The molecule has 1 aromatic rings. The van der Waals surface area contributed by atoms with Crippen LogP contribution < -0.4 is 5.32 Å². The zero-order valence-electron chi connectivity index (χ0n) is 14.8. The largest absolute Gasteiger partial charge is 0.456 e. The number of nitrogens with one attached hydrogen (secondary N) is 1. The number of halogens is 2. The second kappa shape index (κ2) is 8.52. The van der Waals surface area contributed by atoms with Gasteiger partial charge < -0.3 is 10.1 Å². The third-order valence-electron chi connectivity index (χ3n) is 4.71. The number of anilines is 1. The van der Waals surface area contributed by atoms with Gasteiger partial charge in [-0.3, -0.25) is 24.1 Å². The highest BCUT2D eigenvalue weighted by Gasteiger charge is 2.46. The predicted octanol–water partition coefficient (Wildman–Crippen LogP) is 2.30. The summed E-state index contributed by atoms with van der Waals surface area (Å²) in [5, 5.41) is 2.45. The molecule has 0 aromatic heterocycles. The Kier molecular flexibility index (Phi) is 6.08. The number of amides is 3. The van der Waals surface area contributed by atoms with Crippen molar-refractivity contribution in [2.75, 3.05) is 18.5 Å². The molecular formula is C19H18ClFN2O5. The van der Waals surface area contributed by atoms with Crippen LogP contribution in [0.2, 0.25) is 5.02 Å². The number of rotatable bonds is 6. The van der Waals surface area contributed by atoms with Crippen LogP contribution in [-0.2, 0) is 23.9 Å². The zero-order valence-corrected chi connectivity index (χ0v) is 15.6. The van der Waals surface area contributed by atoms with Gasteiger partial charge in [0.25, 0.3) is 5.91 Å². The number of ether oxygens (including phenoxy) is 1. The molecule has 0 saturated carbocycles. The monoisotopic (exact) mass is 408 g/mol. The van der Waals surface area contributed by atoms with Gasteiger partial charge in [-0.05, 0) is 31.0 Å². The number of hydrogen-bond acceptors (Lipinski definition) is 5. The van der Waals surface area contributed by atoms with E-state index in [0.717, 1.165) is 11.0 Å². The van der Waals surface area contributed by atoms with Crippen molar-refractivity contribution in [2.45, 2.75) is 19.3 Å². The zero-order chi connectivity index (χ0) is 20.3. The van der Waals surface area contributed by atoms with Crippen LogP contribution in [0.15, 0.2) is 30.4 Å². The van der Waals surface area contributed by atoms with E-state index in [1.54, 1.807) is 0 Å². The summed E-state index contributed by atoms with van der Waals surface area (Å²) in [5.41, 5.74) is -0.0880. The van der Waals surface area contributed by atoms with Crippen LogP contribution in [0.3, 0.4) is 0 Å². The first-order chi connectivity index (χ1) is 13.4. The van der Waals surface area contributed by atoms with Crippen molar-refractivity contribution in [3.63, 3.8) is 0 Å². The molecule has 0 radical (unpaired) electrons. The number of fused-ring (bicyclic) bond motifs is 1. The van der Waals surface area contributed by atoms with Gasteiger partial charge in [0.05, 0.1) is 23.9 Å². The highest BCUT2D eigenvalue weighted by atomic mass is 35.5. The van der Waals surface area contributed by atoms with Crippen LogP contribution in [0, 0.1) is 17.7 Å². The Morgan fingerprint density at radius 1 is 1.18 bits per heavy atom. The Morgan fingerprint density at radius 3 is 2.43 bits per heavy atom. The molecule has 0 unspecified atom stereocenters. The molecule has 1 fully saturated rings. The first-order valence-corrected chi connectivity index (χ1v) is 9.15. The molecule has 28 heavy (non-hydrogen) atoms. The standard InChI is InChI=1S/C19H18ClFN2O5/c20-11-5-6-15(14(21)9-11)22-16(24)10-28-17(25)7-8-23-18(26)12-3-1-2-4-13(12)19(23)27/h1-2,5-6,9,12-13H,3-4,7-8,10H2,(H,22,24)/t12-,13-/m0/s1. The lowest BCUT2D eigenvalue weighted by molar-refractivity contribution is -0.148. The van der Waals surface area contributed by atoms with E-state index in [4.69, 9.17) is 16.3 Å². The number of hydrogen-bond donors (Lipinski definition) is 1. The number of allylic oxidation sites excluding steroid dienone is 2. The number of likely N-dealkylation sites (tertiary alicyclic amines) is 1. The highest BCUT2D eigenvalue weighted by molar-refractivity contribution is 6.30. The van der Waals surface area contributed by atoms with E-state index in [1.165, 1.54) is 12.1 Å². The summed E-state index contributed by atoms with van der Waals surface area (Å²) in [5.74, 6) is -3.43. The molecule has 3 amide bonds. The molecule has 1 aliphatic carbocycles. The number of carbonyl (C=O) groups excluding carboxylic acids is 4. The van der Waals surface area contributed by atoms with Crippen LogP contribution >= 0.6 is 11.6 Å². The molecule has 2 atom stereocenters. The fourth-order valence-electron chi connectivity index (χ4n) is 3.29. The Labute approximate surface area is 165 Å². The first-order valence-electron chi connectivity index (χ1n) is 8.77. The van der Waals surface area contributed by atoms with E-state index >= 15 is 0 Å². The highest BCUT2D eigenvalue weighted by Crippen LogP contribution is 2.35. The van der Waals surface area contributed by atoms with E-state index < -0.39 is 24.3 Å². The van der Waals surface area contributed by atoms with E-state index in [0.29, 0.717) is 12.8 Å². The molecule has 1 aliphatic heterocycles. The average molecular weight is 409 g/mol. The van der Waals surface area contributed by atoms with Crippen molar-refractivity contribution < 1.29 is 28.3 Å². The maximum Gasteiger partial charge on any atom is 0.308 e. The van der Waals surface area contributed by atoms with E-state index in [-0.39, 0.29) is 47.3 Å². The topological polar surface area (TPSA) is 92.8 Å². The van der Waals surface area contributed by atoms with Crippen molar-refractivity contribution in [3.8, 4) is 0 Å². The van der Waals surface area contributed by atoms with E-state index in [9.17, 15) is 23.6 Å². The van der Waals surface area contributed by atoms with E-state index in [1.807, 2.05) is 12.2 Å². The Balaban J connectivity index is 1.44. The van der Waals surface area contributed by atoms with Gasteiger partial charge in [-0.25, -0.2) is 4.39 Å². The minimum atomic E-state index is -0.736. The van der Waals surface area contributed by atoms with Gasteiger partial charge in [0, 0.05) is 11.6 Å². The van der Waals surface area contributed by atoms with Crippen LogP contribution in [0.5, 0.6) is 0 Å². The Hall–Kier alpha value is -2.74. The smallest absolute Gasteiger partial charge is 0.308 e. The van der Waals surface area contributed by atoms with E-state index in [2.05, 4.69) is 5.32 Å². The van der Waals surface area contributed by atoms with Crippen molar-refractivity contribution in [1.82, 2.24) is 4.90 Å². The van der Waals surface area contributed by atoms with Crippen molar-refractivity contribution in [2.24, 2.45) is 11.8 Å². The molecule has 9 heteroatoms. The fraction of sp³-hybridized carbons (Fsp3) is 0.368. The lowest BCUT2D eigenvalue weighted by Crippen LogP contribution is -2.33. The molecular weight excluding hydrogens is 391 g/mol. The number of benzene rings is 1. The third kappa shape index (κ3) is 4.39. The van der Waals surface area contributed by atoms with Gasteiger partial charge in [-0.2, -0.15) is 0 Å². The molecule has 1 N–H and O–H groups in total. The molecule has 1 heterocycles. The molecule has 0 spiro atoms. The Morgan fingerprint density at radius 2 is 1.82 bits per heavy atom. The number of esters is 1. The van der Waals surface area contributed by atoms with Gasteiger partial charge in [-0.1, -0.05) is 23.8 Å². The second-order valence-corrected chi connectivity index (χ2v) is 7.00. The average Bonchev–Trinajstić information content (AvgIpc) is 2.91. The quantitative estimate of drug-likeness (QED) is 0.443. The fourth-order valence-corrected chi connectivity index (χ4v) is 3.45. The predicted molar refractivity (Wildman–Crippen MR) is 97.7 cm³/mol. The van der Waals surface area contributed by atoms with Crippen LogP contribution in [0.25, 0.3) is 0 Å². The minimum Gasteiger partial charge on any atom is -0.456 e. The lowest BCUT2D eigenvalue weighted by atomic mass is 9.85. The summed E-state index contributed by atoms with van der Waals surface area (Å²) in [6.07, 6.45) is 4.60. The first kappa shape index (κ1) is 20.0. The Bertz CT molecular complexity index is 831. The maximum atomic E-state index is 13.6. The summed E-state index contributed by atoms with van der Waals surface area (Å²) in [6.45, 7) is -0.700. The second-order valence-electron chi connectivity index (χ2n) is 6.57. The molecule has 0 bridgehead atoms. The maximum absolute atomic E-state index is 13.6. The molecule has 1 saturated heterocycles.